The van der Waals surface area contributed by atoms with E-state index in [0.29, 0.717) is 17.3 Å². The lowest BCUT2D eigenvalue weighted by Gasteiger charge is -2.27. The van der Waals surface area contributed by atoms with Gasteiger partial charge in [0.15, 0.2) is 30.7 Å². The van der Waals surface area contributed by atoms with E-state index in [-0.39, 0.29) is 32.8 Å². The topological polar surface area (TPSA) is 192 Å². The molecule has 0 N–H and O–H groups in total. The van der Waals surface area contributed by atoms with Crippen LogP contribution in [0.25, 0.3) is 0 Å². The minimum atomic E-state index is -4.87. The van der Waals surface area contributed by atoms with E-state index < -0.39 is 81.0 Å². The maximum absolute atomic E-state index is 15.7. The van der Waals surface area contributed by atoms with Crippen molar-refractivity contribution in [1.82, 2.24) is 0 Å². The summed E-state index contributed by atoms with van der Waals surface area (Å²) < 4.78 is 84.4. The second-order valence-electron chi connectivity index (χ2n) is 17.5. The Hall–Kier alpha value is -5.96. The molecule has 0 fully saturated rings. The van der Waals surface area contributed by atoms with Crippen molar-refractivity contribution in [2.24, 2.45) is 10.3 Å². The van der Waals surface area contributed by atoms with E-state index in [1.54, 1.807) is 64.1 Å². The number of rotatable bonds is 21. The van der Waals surface area contributed by atoms with Crippen LogP contribution in [0.15, 0.2) is 100 Å². The fraction of sp³-hybridized carbons (Fsp3) is 0.333. The number of alkyl halides is 3. The predicted octanol–water partition coefficient (Wildman–Crippen LogP) is 12.0. The number of benzene rings is 5. The largest absolute Gasteiger partial charge is 0.461 e. The van der Waals surface area contributed by atoms with Gasteiger partial charge in [0.1, 0.15) is 32.3 Å². The van der Waals surface area contributed by atoms with Crippen LogP contribution in [0.5, 0.6) is 0 Å². The van der Waals surface area contributed by atoms with Crippen molar-refractivity contribution in [3.8, 4) is 0 Å². The molecule has 0 heterocycles. The van der Waals surface area contributed by atoms with Crippen LogP contribution in [0.4, 0.5) is 8.78 Å². The van der Waals surface area contributed by atoms with E-state index in [0.717, 1.165) is 70.0 Å². The molecule has 0 aromatic heterocycles. The van der Waals surface area contributed by atoms with Gasteiger partial charge < -0.3 is 28.6 Å². The Morgan fingerprint density at radius 2 is 0.842 bits per heavy atom. The first-order chi connectivity index (χ1) is 35.7. The Morgan fingerprint density at radius 1 is 0.513 bits per heavy atom. The quantitative estimate of drug-likeness (QED) is 0.0128. The maximum Gasteiger partial charge on any atom is 0.338 e. The van der Waals surface area contributed by atoms with Gasteiger partial charge in [0, 0.05) is 0 Å². The lowest BCUT2D eigenvalue weighted by atomic mass is 10.1. The molecule has 5 rings (SSSR count). The van der Waals surface area contributed by atoms with Crippen molar-refractivity contribution >= 4 is 97.2 Å². The Balaban J connectivity index is 0.000000346. The molecule has 15 nitrogen and oxygen atoms in total. The van der Waals surface area contributed by atoms with Crippen molar-refractivity contribution in [1.29, 1.82) is 0 Å². The van der Waals surface area contributed by atoms with Gasteiger partial charge in [-0.2, -0.15) is 8.42 Å². The predicted molar refractivity (Wildman–Crippen MR) is 290 cm³/mol. The summed E-state index contributed by atoms with van der Waals surface area (Å²) in [6.07, 6.45) is -7.85. The van der Waals surface area contributed by atoms with Crippen molar-refractivity contribution in [2.75, 3.05) is 27.4 Å². The minimum Gasteiger partial charge on any atom is -0.461 e. The number of hydrogen-bond donors (Lipinski definition) is 0. The first-order valence-corrected chi connectivity index (χ1v) is 26.4. The molecule has 0 amide bonds. The Kier molecular flexibility index (Phi) is 23.9. The number of carbonyl (C=O) groups is 4. The van der Waals surface area contributed by atoms with Crippen LogP contribution >= 0.6 is 50.7 Å². The molecule has 0 radical (unpaired) electrons. The van der Waals surface area contributed by atoms with Crippen LogP contribution in [0, 0.1) is 55.4 Å². The third-order valence-corrected chi connectivity index (χ3v) is 13.8. The fourth-order valence-electron chi connectivity index (χ4n) is 7.51. The van der Waals surface area contributed by atoms with Gasteiger partial charge in [-0.15, -0.1) is 0 Å². The van der Waals surface area contributed by atoms with Crippen molar-refractivity contribution in [3.63, 3.8) is 0 Å². The average molecular weight is 1200 g/mol. The second kappa shape index (κ2) is 29.0. The van der Waals surface area contributed by atoms with Gasteiger partial charge in [-0.25, -0.2) is 28.0 Å². The van der Waals surface area contributed by atoms with Gasteiger partial charge in [-0.05, 0) is 116 Å². The molecule has 5 aromatic rings. The summed E-state index contributed by atoms with van der Waals surface area (Å²) in [7, 11) is -2.44. The second-order valence-corrected chi connectivity index (χ2v) is 21.4. The highest BCUT2D eigenvalue weighted by Gasteiger charge is 2.40. The number of ether oxygens (including phenoxy) is 4. The number of oxime groups is 2. The van der Waals surface area contributed by atoms with Crippen LogP contribution in [0.2, 0.25) is 15.1 Å². The summed E-state index contributed by atoms with van der Waals surface area (Å²) in [6, 6.07) is 22.4. The standard InChI is InChI=1S/C30H29Cl3FNO8S.C24H27BrFNO5/c1-16-6-17(2)9-20(8-16)29(36)41-15-26(43-44(38,39)27-13-23(32)22(31)12-24(27)33)28(25(34)14-35-40-5)42-30(37)21-10-18(3)7-19(4)11-21;1-14-6-15(2)9-18(8-14)23(28)31-13-20(25)22(21(26)12-27-30-5)32-24(29)19-10-16(3)7-17(4)11-19/h6-14,25-26,28H,15H2,1-5H3;6-12,20-22H,13H2,1-5H3/t25-,26-,28+;20-,21+,22+/m10/s1. The van der Waals surface area contributed by atoms with Gasteiger partial charge in [0.2, 0.25) is 0 Å². The van der Waals surface area contributed by atoms with Crippen molar-refractivity contribution < 1.29 is 69.2 Å². The molecule has 0 saturated carbocycles. The van der Waals surface area contributed by atoms with Gasteiger partial charge in [-0.3, -0.25) is 4.18 Å². The smallest absolute Gasteiger partial charge is 0.338 e. The molecule has 0 spiro atoms. The average Bonchev–Trinajstić information content (AvgIpc) is 3.33. The van der Waals surface area contributed by atoms with Gasteiger partial charge in [0.05, 0.1) is 54.6 Å². The first kappa shape index (κ1) is 62.6. The summed E-state index contributed by atoms with van der Waals surface area (Å²) in [5.41, 5.74) is 7.48. The Morgan fingerprint density at radius 3 is 1.22 bits per heavy atom. The minimum absolute atomic E-state index is 0.0330. The lowest BCUT2D eigenvalue weighted by Crippen LogP contribution is -2.45. The van der Waals surface area contributed by atoms with Crippen LogP contribution in [0.1, 0.15) is 85.9 Å². The van der Waals surface area contributed by atoms with Crippen LogP contribution < -0.4 is 0 Å². The summed E-state index contributed by atoms with van der Waals surface area (Å²) in [5.74, 6) is -3.12. The fourth-order valence-corrected chi connectivity index (χ4v) is 10.1. The molecule has 76 heavy (non-hydrogen) atoms. The van der Waals surface area contributed by atoms with Gasteiger partial charge in [-0.1, -0.05) is 130 Å². The van der Waals surface area contributed by atoms with E-state index in [1.165, 1.54) is 19.2 Å². The van der Waals surface area contributed by atoms with Crippen molar-refractivity contribution in [2.45, 2.75) is 95.8 Å². The van der Waals surface area contributed by atoms with E-state index >= 15 is 4.39 Å². The maximum atomic E-state index is 15.7. The molecule has 0 aliphatic heterocycles. The van der Waals surface area contributed by atoms with E-state index in [9.17, 15) is 32.0 Å². The number of esters is 4. The zero-order valence-corrected chi connectivity index (χ0v) is 47.7. The van der Waals surface area contributed by atoms with Crippen LogP contribution in [0.3, 0.4) is 0 Å². The monoisotopic (exact) mass is 1190 g/mol. The van der Waals surface area contributed by atoms with Crippen molar-refractivity contribution in [3.05, 3.63) is 167 Å². The third-order valence-electron chi connectivity index (χ3n) is 10.5. The molecule has 408 valence electrons. The van der Waals surface area contributed by atoms with E-state index in [2.05, 4.69) is 35.9 Å². The molecule has 6 atom stereocenters. The molecule has 0 bridgehead atoms. The normalized spacial score (nSPS) is 13.8. The number of aryl methyl sites for hydroxylation is 8. The first-order valence-electron chi connectivity index (χ1n) is 22.9. The molecule has 22 heteroatoms. The Bertz CT molecular complexity index is 2990. The molecule has 5 aromatic carbocycles. The van der Waals surface area contributed by atoms with E-state index in [1.807, 2.05) is 52.0 Å². The van der Waals surface area contributed by atoms with Gasteiger partial charge >= 0.3 is 23.9 Å². The molecule has 0 unspecified atom stereocenters. The molecular formula is C54H56BrCl3F2N2O13S. The van der Waals surface area contributed by atoms with E-state index in [4.69, 9.17) is 57.9 Å². The Labute approximate surface area is 464 Å². The molecule has 0 aliphatic rings. The zero-order chi connectivity index (χ0) is 56.6. The third kappa shape index (κ3) is 18.9. The summed E-state index contributed by atoms with van der Waals surface area (Å²) >= 11 is 21.4. The molecule has 0 saturated heterocycles. The number of nitrogens with zero attached hydrogens (tertiary/aromatic N) is 2. The SMILES string of the molecule is CON=C[C@@H](F)[C@H](OC(=O)c1cc(C)cc(C)c1)[C@@H](Br)COC(=O)c1cc(C)cc(C)c1.CON=C[C@@H](F)[C@H](OC(=O)c1cc(C)cc(C)c1)[C@@H](COC(=O)c1cc(C)cc(C)c1)OS(=O)(=O)c1cc(Cl)c(Cl)cc1Cl. The number of carbonyl (C=O) groups excluding carboxylic acids is 4. The summed E-state index contributed by atoms with van der Waals surface area (Å²) in [6.45, 7) is 13.4. The van der Waals surface area contributed by atoms with Crippen LogP contribution in [-0.4, -0.2) is 108 Å². The molecule has 0 aliphatic carbocycles. The van der Waals surface area contributed by atoms with Crippen LogP contribution in [-0.2, 0) is 42.9 Å². The summed E-state index contributed by atoms with van der Waals surface area (Å²) in [4.78, 5) is 59.0. The summed E-state index contributed by atoms with van der Waals surface area (Å²) in [5, 5.41) is 6.25. The zero-order valence-electron chi connectivity index (χ0n) is 43.0. The highest BCUT2D eigenvalue weighted by atomic mass is 79.9. The molecular weight excluding hydrogens is 1140 g/mol. The van der Waals surface area contributed by atoms with Gasteiger partial charge in [0.25, 0.3) is 10.1 Å². The lowest BCUT2D eigenvalue weighted by molar-refractivity contribution is -0.0478. The highest BCUT2D eigenvalue weighted by Crippen LogP contribution is 2.34. The highest BCUT2D eigenvalue weighted by molar-refractivity contribution is 9.09. The number of hydrogen-bond acceptors (Lipinski definition) is 15. The number of halogens is 6.